The number of aromatic nitrogens is 1. The third kappa shape index (κ3) is 2.77. The molecule has 2 aromatic carbocycles. The molecule has 0 aliphatic rings. The van der Waals surface area contributed by atoms with Crippen LogP contribution in [0, 0.1) is 10.1 Å². The third-order valence-corrected chi connectivity index (χ3v) is 4.10. The summed E-state index contributed by atoms with van der Waals surface area (Å²) in [5.41, 5.74) is 1.13. The molecule has 3 rings (SSSR count). The number of hydrogen-bond acceptors (Lipinski definition) is 5. The Labute approximate surface area is 129 Å². The van der Waals surface area contributed by atoms with Crippen molar-refractivity contribution in [1.29, 1.82) is 0 Å². The maximum atomic E-state index is 12.2. The fourth-order valence-electron chi connectivity index (χ4n) is 2.01. The Morgan fingerprint density at radius 3 is 2.64 bits per heavy atom. The molecule has 0 saturated carbocycles. The second kappa shape index (κ2) is 5.87. The van der Waals surface area contributed by atoms with Gasteiger partial charge in [-0.3, -0.25) is 14.9 Å². The second-order valence-corrected chi connectivity index (χ2v) is 5.53. The first-order chi connectivity index (χ1) is 10.6. The Morgan fingerprint density at radius 1 is 1.14 bits per heavy atom. The van der Waals surface area contributed by atoms with Gasteiger partial charge in [-0.05, 0) is 30.4 Å². The second-order valence-electron chi connectivity index (χ2n) is 4.50. The predicted octanol–water partition coefficient (Wildman–Crippen LogP) is 4.10. The van der Waals surface area contributed by atoms with Crippen LogP contribution in [0.4, 0.5) is 5.69 Å². The summed E-state index contributed by atoms with van der Waals surface area (Å²) in [6.45, 7) is 0. The van der Waals surface area contributed by atoms with E-state index >= 15 is 0 Å². The molecule has 5 nitrogen and oxygen atoms in total. The van der Waals surface area contributed by atoms with Crippen molar-refractivity contribution in [1.82, 2.24) is 4.98 Å². The highest BCUT2D eigenvalue weighted by atomic mass is 32.1. The maximum Gasteiger partial charge on any atom is 0.276 e. The van der Waals surface area contributed by atoms with Crippen molar-refractivity contribution >= 4 is 39.1 Å². The molecule has 108 valence electrons. The molecular formula is C16H10N2O3S. The lowest BCUT2D eigenvalue weighted by atomic mass is 10.1. The Bertz CT molecular complexity index is 866. The number of ketones is 1. The lowest BCUT2D eigenvalue weighted by Crippen LogP contribution is -1.94. The SMILES string of the molecule is O=C(C=Cc1ccccc1[N+](=O)[O-])c1nc2ccccc2s1. The van der Waals surface area contributed by atoms with Crippen LogP contribution >= 0.6 is 11.3 Å². The van der Waals surface area contributed by atoms with Crippen LogP contribution < -0.4 is 0 Å². The van der Waals surface area contributed by atoms with Gasteiger partial charge in [0.2, 0.25) is 5.78 Å². The van der Waals surface area contributed by atoms with Crippen molar-refractivity contribution in [3.05, 3.63) is 75.3 Å². The monoisotopic (exact) mass is 310 g/mol. The van der Waals surface area contributed by atoms with Gasteiger partial charge in [-0.15, -0.1) is 11.3 Å². The summed E-state index contributed by atoms with van der Waals surface area (Å²) in [5.74, 6) is -0.264. The number of hydrogen-bond donors (Lipinski definition) is 0. The van der Waals surface area contributed by atoms with Crippen molar-refractivity contribution in [3.63, 3.8) is 0 Å². The number of benzene rings is 2. The first-order valence-corrected chi connectivity index (χ1v) is 7.28. The molecule has 1 heterocycles. The van der Waals surface area contributed by atoms with Gasteiger partial charge in [0.1, 0.15) is 0 Å². The highest BCUT2D eigenvalue weighted by Crippen LogP contribution is 2.23. The zero-order valence-corrected chi connectivity index (χ0v) is 12.1. The van der Waals surface area contributed by atoms with E-state index in [1.807, 2.05) is 24.3 Å². The summed E-state index contributed by atoms with van der Waals surface area (Å²) in [6.07, 6.45) is 2.77. The minimum absolute atomic E-state index is 0.0316. The molecule has 0 radical (unpaired) electrons. The van der Waals surface area contributed by atoms with E-state index < -0.39 is 4.92 Å². The van der Waals surface area contributed by atoms with Crippen molar-refractivity contribution in [2.24, 2.45) is 0 Å². The molecule has 6 heteroatoms. The molecule has 0 aliphatic carbocycles. The topological polar surface area (TPSA) is 73.1 Å². The van der Waals surface area contributed by atoms with Crippen LogP contribution in [0.15, 0.2) is 54.6 Å². The van der Waals surface area contributed by atoms with Gasteiger partial charge in [-0.1, -0.05) is 24.3 Å². The van der Waals surface area contributed by atoms with E-state index in [1.54, 1.807) is 18.2 Å². The van der Waals surface area contributed by atoms with Crippen LogP contribution in [-0.2, 0) is 0 Å². The largest absolute Gasteiger partial charge is 0.287 e. The average molecular weight is 310 g/mol. The number of rotatable bonds is 4. The first-order valence-electron chi connectivity index (χ1n) is 6.46. The van der Waals surface area contributed by atoms with Gasteiger partial charge in [-0.25, -0.2) is 4.98 Å². The fourth-order valence-corrected chi connectivity index (χ4v) is 2.89. The molecular weight excluding hydrogens is 300 g/mol. The number of thiazole rings is 1. The summed E-state index contributed by atoms with van der Waals surface area (Å²) in [6, 6.07) is 13.8. The normalized spacial score (nSPS) is 11.1. The minimum atomic E-state index is -0.470. The number of carbonyl (C=O) groups is 1. The third-order valence-electron chi connectivity index (χ3n) is 3.05. The zero-order chi connectivity index (χ0) is 15.5. The molecule has 3 aromatic rings. The van der Waals surface area contributed by atoms with Crippen molar-refractivity contribution in [3.8, 4) is 0 Å². The van der Waals surface area contributed by atoms with Crippen LogP contribution in [0.2, 0.25) is 0 Å². The molecule has 0 N–H and O–H groups in total. The Balaban J connectivity index is 1.89. The van der Waals surface area contributed by atoms with Gasteiger partial charge in [0, 0.05) is 6.07 Å². The summed E-state index contributed by atoms with van der Waals surface area (Å²) in [7, 11) is 0. The summed E-state index contributed by atoms with van der Waals surface area (Å²) >= 11 is 1.31. The lowest BCUT2D eigenvalue weighted by Gasteiger charge is -1.95. The van der Waals surface area contributed by atoms with Gasteiger partial charge in [0.05, 0.1) is 20.7 Å². The lowest BCUT2D eigenvalue weighted by molar-refractivity contribution is -0.385. The van der Waals surface area contributed by atoms with Gasteiger partial charge in [-0.2, -0.15) is 0 Å². The van der Waals surface area contributed by atoms with Crippen LogP contribution in [0.3, 0.4) is 0 Å². The van der Waals surface area contributed by atoms with E-state index in [9.17, 15) is 14.9 Å². The molecule has 0 saturated heterocycles. The summed E-state index contributed by atoms with van der Waals surface area (Å²) in [5, 5.41) is 11.3. The highest BCUT2D eigenvalue weighted by molar-refractivity contribution is 7.20. The number of carbonyl (C=O) groups excluding carboxylic acids is 1. The molecule has 22 heavy (non-hydrogen) atoms. The number of fused-ring (bicyclic) bond motifs is 1. The van der Waals surface area contributed by atoms with Crippen LogP contribution in [0.5, 0.6) is 0 Å². The van der Waals surface area contributed by atoms with E-state index in [0.717, 1.165) is 10.2 Å². The Morgan fingerprint density at radius 2 is 1.86 bits per heavy atom. The maximum absolute atomic E-state index is 12.2. The number of nitro groups is 1. The van der Waals surface area contributed by atoms with Crippen molar-refractivity contribution in [2.45, 2.75) is 0 Å². The standard InChI is InChI=1S/C16H10N2O3S/c19-14(16-17-12-6-2-4-8-15(12)22-16)10-9-11-5-1-3-7-13(11)18(20)21/h1-10H. The molecule has 0 spiro atoms. The fraction of sp³-hybridized carbons (Fsp3) is 0. The van der Waals surface area contributed by atoms with Crippen LogP contribution in [0.1, 0.15) is 15.4 Å². The number of nitro benzene ring substituents is 1. The Kier molecular flexibility index (Phi) is 3.76. The quantitative estimate of drug-likeness (QED) is 0.315. The molecule has 0 atom stereocenters. The van der Waals surface area contributed by atoms with E-state index in [2.05, 4.69) is 4.98 Å². The molecule has 0 aliphatic heterocycles. The van der Waals surface area contributed by atoms with E-state index in [0.29, 0.717) is 10.6 Å². The van der Waals surface area contributed by atoms with Gasteiger partial charge < -0.3 is 0 Å². The van der Waals surface area contributed by atoms with Crippen LogP contribution in [0.25, 0.3) is 16.3 Å². The molecule has 0 unspecified atom stereocenters. The zero-order valence-electron chi connectivity index (χ0n) is 11.3. The molecule has 1 aromatic heterocycles. The molecule has 0 fully saturated rings. The van der Waals surface area contributed by atoms with E-state index in [-0.39, 0.29) is 11.5 Å². The average Bonchev–Trinajstić information content (AvgIpc) is 2.97. The molecule has 0 bridgehead atoms. The number of allylic oxidation sites excluding steroid dienone is 1. The summed E-state index contributed by atoms with van der Waals surface area (Å²) < 4.78 is 0.935. The van der Waals surface area contributed by atoms with Gasteiger partial charge in [0.25, 0.3) is 5.69 Å². The number of nitrogens with zero attached hydrogens (tertiary/aromatic N) is 2. The first kappa shape index (κ1) is 14.1. The number of para-hydroxylation sites is 2. The van der Waals surface area contributed by atoms with Crippen molar-refractivity contribution < 1.29 is 9.72 Å². The highest BCUT2D eigenvalue weighted by Gasteiger charge is 2.12. The van der Waals surface area contributed by atoms with Gasteiger partial charge in [0.15, 0.2) is 5.01 Å². The minimum Gasteiger partial charge on any atom is -0.287 e. The van der Waals surface area contributed by atoms with E-state index in [4.69, 9.17) is 0 Å². The Hall–Kier alpha value is -2.86. The molecule has 0 amide bonds. The van der Waals surface area contributed by atoms with Crippen LogP contribution in [-0.4, -0.2) is 15.7 Å². The van der Waals surface area contributed by atoms with Gasteiger partial charge >= 0.3 is 0 Å². The predicted molar refractivity (Wildman–Crippen MR) is 86.1 cm³/mol. The van der Waals surface area contributed by atoms with E-state index in [1.165, 1.54) is 29.6 Å². The summed E-state index contributed by atoms with van der Waals surface area (Å²) in [4.78, 5) is 26.9. The smallest absolute Gasteiger partial charge is 0.276 e. The van der Waals surface area contributed by atoms with Crippen molar-refractivity contribution in [2.75, 3.05) is 0 Å².